The van der Waals surface area contributed by atoms with E-state index in [0.717, 1.165) is 0 Å². The van der Waals surface area contributed by atoms with E-state index in [9.17, 15) is 14.9 Å². The number of nitrogens with one attached hydrogen (secondary N) is 1. The molecule has 1 N–H and O–H groups in total. The summed E-state index contributed by atoms with van der Waals surface area (Å²) in [6.07, 6.45) is 1.84. The molecule has 2 heterocycles. The topological polar surface area (TPSA) is 112 Å². The number of aromatic nitrogens is 3. The van der Waals surface area contributed by atoms with E-state index in [1.54, 1.807) is 30.7 Å². The molecule has 0 saturated heterocycles. The van der Waals surface area contributed by atoms with Crippen molar-refractivity contribution in [2.45, 2.75) is 25.0 Å². The summed E-state index contributed by atoms with van der Waals surface area (Å²) < 4.78 is 6.75. The Hall–Kier alpha value is -2.88. The second-order valence-electron chi connectivity index (χ2n) is 5.51. The van der Waals surface area contributed by atoms with Gasteiger partial charge in [0.25, 0.3) is 5.69 Å². The number of benzene rings is 1. The van der Waals surface area contributed by atoms with E-state index in [1.165, 1.54) is 23.9 Å². The second kappa shape index (κ2) is 7.16. The van der Waals surface area contributed by atoms with Gasteiger partial charge in [-0.25, -0.2) is 9.48 Å². The summed E-state index contributed by atoms with van der Waals surface area (Å²) in [4.78, 5) is 27.6. The van der Waals surface area contributed by atoms with Crippen LogP contribution in [-0.2, 0) is 9.53 Å². The first kappa shape index (κ1) is 17.9. The van der Waals surface area contributed by atoms with Gasteiger partial charge in [0.05, 0.1) is 17.1 Å². The van der Waals surface area contributed by atoms with Gasteiger partial charge in [0, 0.05) is 17.8 Å². The number of esters is 1. The van der Waals surface area contributed by atoms with Gasteiger partial charge in [-0.05, 0) is 25.7 Å². The third-order valence-electron chi connectivity index (χ3n) is 3.91. The highest BCUT2D eigenvalue weighted by Crippen LogP contribution is 2.37. The Balaban J connectivity index is 2.19. The second-order valence-corrected chi connectivity index (χ2v) is 6.28. The average Bonchev–Trinajstić information content (AvgIpc) is 3.03. The number of nitro groups is 1. The lowest BCUT2D eigenvalue weighted by molar-refractivity contribution is -0.384. The van der Waals surface area contributed by atoms with Crippen LogP contribution in [0.2, 0.25) is 0 Å². The molecule has 9 nitrogen and oxygen atoms in total. The minimum absolute atomic E-state index is 0.0614. The van der Waals surface area contributed by atoms with Gasteiger partial charge in [-0.15, -0.1) is 5.10 Å². The molecule has 0 aliphatic carbocycles. The lowest BCUT2D eigenvalue weighted by Crippen LogP contribution is -2.29. The standard InChI is InChI=1S/C16H17N5O4S/c1-4-25-14(22)12-9(2)17-15-18-16(26-3)19-20(15)13(12)10-6-5-7-11(8-10)21(23)24/h5-8,13H,4H2,1-3H3,(H,17,18,19). The van der Waals surface area contributed by atoms with Crippen molar-refractivity contribution in [2.75, 3.05) is 18.2 Å². The van der Waals surface area contributed by atoms with Crippen molar-refractivity contribution in [3.05, 3.63) is 51.2 Å². The molecular formula is C16H17N5O4S. The Morgan fingerprint density at radius 2 is 2.27 bits per heavy atom. The highest BCUT2D eigenvalue weighted by molar-refractivity contribution is 7.98. The zero-order chi connectivity index (χ0) is 18.8. The minimum Gasteiger partial charge on any atom is -0.463 e. The number of carbonyl (C=O) groups excluding carboxylic acids is 1. The van der Waals surface area contributed by atoms with Crippen LogP contribution in [0.5, 0.6) is 0 Å². The van der Waals surface area contributed by atoms with Crippen LogP contribution in [0.3, 0.4) is 0 Å². The monoisotopic (exact) mass is 375 g/mol. The molecule has 136 valence electrons. The summed E-state index contributed by atoms with van der Waals surface area (Å²) >= 11 is 1.36. The average molecular weight is 375 g/mol. The smallest absolute Gasteiger partial charge is 0.338 e. The number of rotatable bonds is 5. The van der Waals surface area contributed by atoms with Gasteiger partial charge in [0.15, 0.2) is 0 Å². The molecule has 1 aliphatic rings. The summed E-state index contributed by atoms with van der Waals surface area (Å²) in [7, 11) is 0. The lowest BCUT2D eigenvalue weighted by Gasteiger charge is -2.27. The molecule has 1 aromatic heterocycles. The van der Waals surface area contributed by atoms with E-state index in [0.29, 0.717) is 27.9 Å². The van der Waals surface area contributed by atoms with Crippen LogP contribution in [0.1, 0.15) is 25.5 Å². The number of non-ortho nitro benzene ring substituents is 1. The fraction of sp³-hybridized carbons (Fsp3) is 0.312. The Labute approximate surface area is 153 Å². The molecule has 0 spiro atoms. The maximum absolute atomic E-state index is 12.6. The summed E-state index contributed by atoms with van der Waals surface area (Å²) in [6.45, 7) is 3.68. The van der Waals surface area contributed by atoms with Crippen LogP contribution in [0.15, 0.2) is 40.7 Å². The molecule has 1 aromatic carbocycles. The lowest BCUT2D eigenvalue weighted by atomic mass is 9.95. The van der Waals surface area contributed by atoms with Gasteiger partial charge >= 0.3 is 5.97 Å². The highest BCUT2D eigenvalue weighted by atomic mass is 32.2. The maximum atomic E-state index is 12.6. The van der Waals surface area contributed by atoms with E-state index in [1.807, 2.05) is 6.26 Å². The van der Waals surface area contributed by atoms with Gasteiger partial charge in [-0.2, -0.15) is 4.98 Å². The van der Waals surface area contributed by atoms with Crippen molar-refractivity contribution in [1.82, 2.24) is 14.8 Å². The molecule has 0 radical (unpaired) electrons. The Morgan fingerprint density at radius 1 is 1.50 bits per heavy atom. The van der Waals surface area contributed by atoms with E-state index in [4.69, 9.17) is 4.74 Å². The zero-order valence-corrected chi connectivity index (χ0v) is 15.2. The van der Waals surface area contributed by atoms with Gasteiger partial charge in [-0.3, -0.25) is 10.1 Å². The van der Waals surface area contributed by atoms with E-state index in [2.05, 4.69) is 15.4 Å². The van der Waals surface area contributed by atoms with Crippen LogP contribution in [-0.4, -0.2) is 38.5 Å². The number of nitrogens with zero attached hydrogens (tertiary/aromatic N) is 4. The summed E-state index contributed by atoms with van der Waals surface area (Å²) in [5, 5.41) is 19.2. The van der Waals surface area contributed by atoms with Crippen molar-refractivity contribution in [2.24, 2.45) is 0 Å². The number of allylic oxidation sites excluding steroid dienone is 1. The Morgan fingerprint density at radius 3 is 2.92 bits per heavy atom. The van der Waals surface area contributed by atoms with Gasteiger partial charge in [0.2, 0.25) is 11.1 Å². The molecule has 1 aliphatic heterocycles. The third-order valence-corrected chi connectivity index (χ3v) is 4.45. The highest BCUT2D eigenvalue weighted by Gasteiger charge is 2.35. The summed E-state index contributed by atoms with van der Waals surface area (Å²) in [6, 6.07) is 5.48. The van der Waals surface area contributed by atoms with Gasteiger partial charge in [0.1, 0.15) is 6.04 Å². The van der Waals surface area contributed by atoms with E-state index < -0.39 is 16.9 Å². The summed E-state index contributed by atoms with van der Waals surface area (Å²) in [5.74, 6) is -0.0303. The number of ether oxygens (including phenoxy) is 1. The summed E-state index contributed by atoms with van der Waals surface area (Å²) in [5.41, 5.74) is 1.42. The first-order chi connectivity index (χ1) is 12.5. The predicted molar refractivity (Wildman–Crippen MR) is 96.0 cm³/mol. The fourth-order valence-corrected chi connectivity index (χ4v) is 3.16. The van der Waals surface area contributed by atoms with Crippen molar-refractivity contribution >= 4 is 29.4 Å². The zero-order valence-electron chi connectivity index (χ0n) is 14.4. The number of carbonyl (C=O) groups is 1. The van der Waals surface area contributed by atoms with Crippen molar-refractivity contribution in [3.63, 3.8) is 0 Å². The van der Waals surface area contributed by atoms with Crippen molar-refractivity contribution in [1.29, 1.82) is 0 Å². The molecule has 0 bridgehead atoms. The quantitative estimate of drug-likeness (QED) is 0.367. The number of fused-ring (bicyclic) bond motifs is 1. The molecule has 0 amide bonds. The number of anilines is 1. The van der Waals surface area contributed by atoms with Crippen LogP contribution in [0, 0.1) is 10.1 Å². The van der Waals surface area contributed by atoms with Crippen LogP contribution < -0.4 is 5.32 Å². The molecule has 26 heavy (non-hydrogen) atoms. The largest absolute Gasteiger partial charge is 0.463 e. The maximum Gasteiger partial charge on any atom is 0.338 e. The normalized spacial score (nSPS) is 16.0. The van der Waals surface area contributed by atoms with Crippen molar-refractivity contribution in [3.8, 4) is 0 Å². The van der Waals surface area contributed by atoms with E-state index in [-0.39, 0.29) is 12.3 Å². The fourth-order valence-electron chi connectivity index (χ4n) is 2.81. The molecule has 0 fully saturated rings. The van der Waals surface area contributed by atoms with Crippen LogP contribution in [0.4, 0.5) is 11.6 Å². The molecule has 3 rings (SSSR count). The van der Waals surface area contributed by atoms with Crippen molar-refractivity contribution < 1.29 is 14.5 Å². The molecule has 0 saturated carbocycles. The molecule has 10 heteroatoms. The molecule has 1 atom stereocenters. The molecule has 2 aromatic rings. The predicted octanol–water partition coefficient (Wildman–Crippen LogP) is 2.76. The van der Waals surface area contributed by atoms with E-state index >= 15 is 0 Å². The Bertz CT molecular complexity index is 908. The van der Waals surface area contributed by atoms with Crippen LogP contribution >= 0.6 is 11.8 Å². The third kappa shape index (κ3) is 3.15. The number of hydrogen-bond donors (Lipinski definition) is 1. The minimum atomic E-state index is -0.668. The van der Waals surface area contributed by atoms with Gasteiger partial charge < -0.3 is 10.1 Å². The SMILES string of the molecule is CCOC(=O)C1=C(C)Nc2nc(SC)nn2C1c1cccc([N+](=O)[O-])c1. The van der Waals surface area contributed by atoms with Gasteiger partial charge in [-0.1, -0.05) is 23.9 Å². The molecule has 1 unspecified atom stereocenters. The first-order valence-corrected chi connectivity index (χ1v) is 9.08. The number of hydrogen-bond acceptors (Lipinski definition) is 8. The number of nitro benzene ring substituents is 1. The van der Waals surface area contributed by atoms with Crippen LogP contribution in [0.25, 0.3) is 0 Å². The number of thioether (sulfide) groups is 1. The Kier molecular flexibility index (Phi) is 4.94. The first-order valence-electron chi connectivity index (χ1n) is 7.86. The molecular weight excluding hydrogens is 358 g/mol.